The summed E-state index contributed by atoms with van der Waals surface area (Å²) in [5, 5.41) is 8.72. The molecule has 0 spiro atoms. The van der Waals surface area contributed by atoms with Crippen molar-refractivity contribution in [1.82, 2.24) is 9.13 Å². The van der Waals surface area contributed by atoms with Gasteiger partial charge in [-0.3, -0.25) is 18.7 Å². The summed E-state index contributed by atoms with van der Waals surface area (Å²) < 4.78 is 2.25. The summed E-state index contributed by atoms with van der Waals surface area (Å²) in [6, 6.07) is -0.294. The zero-order valence-electron chi connectivity index (χ0n) is 9.92. The molecule has 0 saturated carbocycles. The molecular formula is C10H13BrN2O4S. The van der Waals surface area contributed by atoms with Crippen molar-refractivity contribution in [2.24, 2.45) is 0 Å². The lowest BCUT2D eigenvalue weighted by atomic mass is 10.4. The normalized spacial score (nSPS) is 12.4. The molecule has 1 heterocycles. The van der Waals surface area contributed by atoms with E-state index in [2.05, 4.69) is 15.9 Å². The number of carboxylic acid groups (broad SMARTS) is 1. The van der Waals surface area contributed by atoms with Gasteiger partial charge in [0.15, 0.2) is 0 Å². The van der Waals surface area contributed by atoms with Crippen LogP contribution in [0.15, 0.2) is 20.3 Å². The van der Waals surface area contributed by atoms with Gasteiger partial charge in [0, 0.05) is 18.0 Å². The molecule has 1 unspecified atom stereocenters. The smallest absolute Gasteiger partial charge is 0.331 e. The van der Waals surface area contributed by atoms with Crippen LogP contribution in [0.1, 0.15) is 13.0 Å². The van der Waals surface area contributed by atoms with Gasteiger partial charge in [-0.2, -0.15) is 11.8 Å². The lowest BCUT2D eigenvalue weighted by molar-refractivity contribution is -0.137. The SMILES string of the molecule is CSCC(C)n1c(=O)c(Br)cn(CC(=O)O)c1=O. The van der Waals surface area contributed by atoms with Crippen molar-refractivity contribution in [3.63, 3.8) is 0 Å². The van der Waals surface area contributed by atoms with Crippen molar-refractivity contribution in [1.29, 1.82) is 0 Å². The molecule has 0 aromatic carbocycles. The molecule has 1 atom stereocenters. The zero-order valence-corrected chi connectivity index (χ0v) is 12.3. The minimum atomic E-state index is -1.13. The van der Waals surface area contributed by atoms with Crippen molar-refractivity contribution in [2.75, 3.05) is 12.0 Å². The average molecular weight is 337 g/mol. The first-order valence-electron chi connectivity index (χ1n) is 5.10. The second kappa shape index (κ2) is 6.24. The maximum Gasteiger partial charge on any atom is 0.331 e. The first kappa shape index (κ1) is 15.0. The second-order valence-corrected chi connectivity index (χ2v) is 5.53. The van der Waals surface area contributed by atoms with Gasteiger partial charge in [0.05, 0.1) is 4.47 Å². The fourth-order valence-electron chi connectivity index (χ4n) is 1.55. The standard InChI is InChI=1S/C10H13BrN2O4S/c1-6(5-18-2)13-9(16)7(11)3-12(10(13)17)4-8(14)15/h3,6H,4-5H2,1-2H3,(H,14,15). The van der Waals surface area contributed by atoms with Crippen LogP contribution in [0.4, 0.5) is 0 Å². The van der Waals surface area contributed by atoms with Crippen molar-refractivity contribution < 1.29 is 9.90 Å². The van der Waals surface area contributed by atoms with E-state index in [0.29, 0.717) is 5.75 Å². The van der Waals surface area contributed by atoms with Crippen LogP contribution in [-0.2, 0) is 11.3 Å². The highest BCUT2D eigenvalue weighted by Gasteiger charge is 2.16. The summed E-state index contributed by atoms with van der Waals surface area (Å²) in [6.07, 6.45) is 3.08. The molecule has 1 aromatic heterocycles. The van der Waals surface area contributed by atoms with Gasteiger partial charge in [0.1, 0.15) is 6.54 Å². The molecule has 1 N–H and O–H groups in total. The van der Waals surface area contributed by atoms with E-state index in [9.17, 15) is 14.4 Å². The van der Waals surface area contributed by atoms with Gasteiger partial charge in [-0.15, -0.1) is 0 Å². The summed E-state index contributed by atoms with van der Waals surface area (Å²) in [6.45, 7) is 1.28. The highest BCUT2D eigenvalue weighted by Crippen LogP contribution is 2.09. The van der Waals surface area contributed by atoms with Crippen molar-refractivity contribution in [3.8, 4) is 0 Å². The molecule has 6 nitrogen and oxygen atoms in total. The number of aliphatic carboxylic acids is 1. The highest BCUT2D eigenvalue weighted by atomic mass is 79.9. The molecule has 0 aliphatic carbocycles. The third-order valence-corrected chi connectivity index (χ3v) is 3.66. The highest BCUT2D eigenvalue weighted by molar-refractivity contribution is 9.10. The number of carbonyl (C=O) groups is 1. The van der Waals surface area contributed by atoms with E-state index in [1.54, 1.807) is 6.92 Å². The van der Waals surface area contributed by atoms with Crippen LogP contribution in [0, 0.1) is 0 Å². The van der Waals surface area contributed by atoms with Crippen LogP contribution < -0.4 is 11.2 Å². The minimum Gasteiger partial charge on any atom is -0.480 e. The van der Waals surface area contributed by atoms with E-state index in [1.165, 1.54) is 18.0 Å². The predicted octanol–water partition coefficient (Wildman–Crippen LogP) is 0.781. The topological polar surface area (TPSA) is 81.3 Å². The molecule has 0 fully saturated rings. The molecule has 8 heteroatoms. The number of thioether (sulfide) groups is 1. The lowest BCUT2D eigenvalue weighted by Crippen LogP contribution is -2.43. The van der Waals surface area contributed by atoms with Gasteiger partial charge in [0.2, 0.25) is 0 Å². The quantitative estimate of drug-likeness (QED) is 0.859. The summed E-state index contributed by atoms with van der Waals surface area (Å²) in [4.78, 5) is 34.6. The molecule has 0 bridgehead atoms. The third-order valence-electron chi connectivity index (χ3n) is 2.30. The maximum absolute atomic E-state index is 12.0. The molecule has 0 radical (unpaired) electrons. The van der Waals surface area contributed by atoms with Gasteiger partial charge < -0.3 is 5.11 Å². The van der Waals surface area contributed by atoms with Gasteiger partial charge in [0.25, 0.3) is 5.56 Å². The fraction of sp³-hybridized carbons (Fsp3) is 0.500. The number of aromatic nitrogens is 2. The number of hydrogen-bond donors (Lipinski definition) is 1. The summed E-state index contributed by atoms with van der Waals surface area (Å²) in [7, 11) is 0. The molecule has 1 rings (SSSR count). The first-order chi connectivity index (χ1) is 8.38. The lowest BCUT2D eigenvalue weighted by Gasteiger charge is -2.15. The summed E-state index contributed by atoms with van der Waals surface area (Å²) in [5.41, 5.74) is -1.05. The van der Waals surface area contributed by atoms with E-state index in [4.69, 9.17) is 5.11 Å². The molecule has 18 heavy (non-hydrogen) atoms. The Hall–Kier alpha value is -1.02. The molecule has 0 saturated heterocycles. The van der Waals surface area contributed by atoms with Gasteiger partial charge in [-0.05, 0) is 29.1 Å². The molecule has 0 aliphatic rings. The number of halogens is 1. The Morgan fingerprint density at radius 3 is 2.67 bits per heavy atom. The number of carboxylic acids is 1. The third kappa shape index (κ3) is 3.26. The Morgan fingerprint density at radius 1 is 1.56 bits per heavy atom. The Bertz CT molecular complexity index is 566. The monoisotopic (exact) mass is 336 g/mol. The molecule has 100 valence electrons. The minimum absolute atomic E-state index is 0.177. The van der Waals surface area contributed by atoms with E-state index >= 15 is 0 Å². The predicted molar refractivity (Wildman–Crippen MR) is 73.4 cm³/mol. The van der Waals surface area contributed by atoms with Crippen LogP contribution in [0.3, 0.4) is 0 Å². The van der Waals surface area contributed by atoms with Crippen LogP contribution in [0.25, 0.3) is 0 Å². The van der Waals surface area contributed by atoms with Crippen molar-refractivity contribution >= 4 is 33.7 Å². The summed E-state index contributed by atoms with van der Waals surface area (Å²) in [5.74, 6) is -0.537. The van der Waals surface area contributed by atoms with E-state index in [0.717, 1.165) is 9.13 Å². The number of nitrogens with zero attached hydrogens (tertiary/aromatic N) is 2. The average Bonchev–Trinajstić information content (AvgIpc) is 2.26. The van der Waals surface area contributed by atoms with Crippen molar-refractivity contribution in [3.05, 3.63) is 31.5 Å². The zero-order chi connectivity index (χ0) is 13.9. The number of hydrogen-bond acceptors (Lipinski definition) is 4. The summed E-state index contributed by atoms with van der Waals surface area (Å²) >= 11 is 4.56. The Kier molecular flexibility index (Phi) is 5.21. The van der Waals surface area contributed by atoms with Crippen LogP contribution in [0.2, 0.25) is 0 Å². The Balaban J connectivity index is 3.40. The Labute approximate surface area is 116 Å². The van der Waals surface area contributed by atoms with E-state index < -0.39 is 23.8 Å². The molecule has 0 aliphatic heterocycles. The molecule has 0 amide bonds. The Morgan fingerprint density at radius 2 is 2.17 bits per heavy atom. The largest absolute Gasteiger partial charge is 0.480 e. The second-order valence-electron chi connectivity index (χ2n) is 3.76. The van der Waals surface area contributed by atoms with Gasteiger partial charge >= 0.3 is 11.7 Å². The van der Waals surface area contributed by atoms with Crippen LogP contribution >= 0.6 is 27.7 Å². The van der Waals surface area contributed by atoms with Crippen molar-refractivity contribution in [2.45, 2.75) is 19.5 Å². The van der Waals surface area contributed by atoms with E-state index in [1.807, 2.05) is 6.26 Å². The maximum atomic E-state index is 12.0. The fourth-order valence-corrected chi connectivity index (χ4v) is 2.62. The number of rotatable bonds is 5. The van der Waals surface area contributed by atoms with Gasteiger partial charge in [-0.25, -0.2) is 4.79 Å². The molecule has 1 aromatic rings. The van der Waals surface area contributed by atoms with E-state index in [-0.39, 0.29) is 10.5 Å². The van der Waals surface area contributed by atoms with Crippen LogP contribution in [-0.4, -0.2) is 32.2 Å². The van der Waals surface area contributed by atoms with Crippen LogP contribution in [0.5, 0.6) is 0 Å². The molecular weight excluding hydrogens is 324 g/mol. The first-order valence-corrected chi connectivity index (χ1v) is 7.29. The van der Waals surface area contributed by atoms with Gasteiger partial charge in [-0.1, -0.05) is 0 Å².